The van der Waals surface area contributed by atoms with Gasteiger partial charge in [0.05, 0.1) is 11.0 Å². The molecule has 0 fully saturated rings. The first-order chi connectivity index (χ1) is 5.77. The Morgan fingerprint density at radius 1 is 1.17 bits per heavy atom. The van der Waals surface area contributed by atoms with Crippen LogP contribution in [0.5, 0.6) is 0 Å². The number of benzene rings is 1. The van der Waals surface area contributed by atoms with Gasteiger partial charge in [-0.1, -0.05) is 6.07 Å². The number of aromatic nitrogens is 2. The van der Waals surface area contributed by atoms with E-state index in [4.69, 9.17) is 0 Å². The second-order valence-corrected chi connectivity index (χ2v) is 2.89. The summed E-state index contributed by atoms with van der Waals surface area (Å²) in [6, 6.07) is 5.22. The number of aryl methyl sites for hydroxylation is 2. The van der Waals surface area contributed by atoms with Crippen LogP contribution in [0.2, 0.25) is 0 Å². The molecule has 12 heavy (non-hydrogen) atoms. The summed E-state index contributed by atoms with van der Waals surface area (Å²) in [6.45, 7) is 4.05. The lowest BCUT2D eigenvalue weighted by Crippen LogP contribution is -1.87. The first-order valence-corrected chi connectivity index (χ1v) is 3.87. The summed E-state index contributed by atoms with van der Waals surface area (Å²) in [7, 11) is 0. The topological polar surface area (TPSA) is 25.8 Å². The van der Waals surface area contributed by atoms with Crippen molar-refractivity contribution >= 4 is 11.0 Å². The van der Waals surface area contributed by atoms with E-state index in [2.05, 4.69) is 22.1 Å². The Morgan fingerprint density at radius 3 is 2.75 bits per heavy atom. The standard InChI is InChI=1S/C10H9N2/c1-7-5-8(2)10-9(6-7)11-3-4-12-10/h3-5H,1-2H3. The van der Waals surface area contributed by atoms with Crippen LogP contribution in [-0.2, 0) is 0 Å². The van der Waals surface area contributed by atoms with Crippen molar-refractivity contribution in [2.45, 2.75) is 13.8 Å². The zero-order valence-electron chi connectivity index (χ0n) is 7.13. The summed E-state index contributed by atoms with van der Waals surface area (Å²) >= 11 is 0. The molecule has 0 unspecified atom stereocenters. The molecule has 0 saturated heterocycles. The smallest absolute Gasteiger partial charge is 0.0971 e. The molecule has 1 aromatic carbocycles. The fraction of sp³-hybridized carbons (Fsp3) is 0.200. The molecule has 0 N–H and O–H groups in total. The lowest BCUT2D eigenvalue weighted by atomic mass is 10.1. The number of hydrogen-bond acceptors (Lipinski definition) is 2. The molecule has 0 aliphatic heterocycles. The Bertz CT molecular complexity index is 421. The maximum atomic E-state index is 4.23. The molecular weight excluding hydrogens is 148 g/mol. The maximum Gasteiger partial charge on any atom is 0.0971 e. The number of hydrogen-bond donors (Lipinski definition) is 0. The lowest BCUT2D eigenvalue weighted by Gasteiger charge is -2.00. The molecular formula is C10H9N2. The first kappa shape index (κ1) is 7.22. The van der Waals surface area contributed by atoms with E-state index in [-0.39, 0.29) is 0 Å². The van der Waals surface area contributed by atoms with E-state index < -0.39 is 0 Å². The molecule has 1 aromatic heterocycles. The summed E-state index contributed by atoms with van der Waals surface area (Å²) in [4.78, 5) is 8.41. The monoisotopic (exact) mass is 157 g/mol. The van der Waals surface area contributed by atoms with Crippen LogP contribution in [0.15, 0.2) is 18.5 Å². The van der Waals surface area contributed by atoms with Crippen molar-refractivity contribution in [3.05, 3.63) is 35.7 Å². The highest BCUT2D eigenvalue weighted by molar-refractivity contribution is 5.77. The Balaban J connectivity index is 2.89. The van der Waals surface area contributed by atoms with Gasteiger partial charge in [-0.25, -0.2) is 0 Å². The largest absolute Gasteiger partial charge is 0.253 e. The van der Waals surface area contributed by atoms with Crippen molar-refractivity contribution in [2.24, 2.45) is 0 Å². The van der Waals surface area contributed by atoms with Crippen LogP contribution >= 0.6 is 0 Å². The maximum absolute atomic E-state index is 4.23. The van der Waals surface area contributed by atoms with Crippen LogP contribution in [-0.4, -0.2) is 9.97 Å². The van der Waals surface area contributed by atoms with E-state index in [1.807, 2.05) is 13.8 Å². The molecule has 0 atom stereocenters. The quantitative estimate of drug-likeness (QED) is 0.585. The van der Waals surface area contributed by atoms with E-state index in [0.717, 1.165) is 22.2 Å². The molecule has 0 bridgehead atoms. The van der Waals surface area contributed by atoms with Crippen LogP contribution < -0.4 is 0 Å². The number of rotatable bonds is 0. The fourth-order valence-electron chi connectivity index (χ4n) is 1.33. The zero-order valence-corrected chi connectivity index (χ0v) is 7.13. The molecule has 0 aliphatic carbocycles. The third kappa shape index (κ3) is 1.05. The normalized spacial score (nSPS) is 10.5. The molecule has 2 heteroatoms. The molecule has 0 aliphatic rings. The molecule has 59 valence electrons. The van der Waals surface area contributed by atoms with Crippen molar-refractivity contribution in [1.82, 2.24) is 9.97 Å². The summed E-state index contributed by atoms with van der Waals surface area (Å²) in [5.74, 6) is 0. The molecule has 0 saturated carbocycles. The van der Waals surface area contributed by atoms with Gasteiger partial charge in [-0.2, -0.15) is 0 Å². The molecule has 2 rings (SSSR count). The van der Waals surface area contributed by atoms with E-state index in [0.29, 0.717) is 0 Å². The molecule has 0 spiro atoms. The molecule has 0 amide bonds. The van der Waals surface area contributed by atoms with E-state index >= 15 is 0 Å². The summed E-state index contributed by atoms with van der Waals surface area (Å²) in [6.07, 6.45) is 3.40. The van der Waals surface area contributed by atoms with Crippen LogP contribution in [0, 0.1) is 19.9 Å². The summed E-state index contributed by atoms with van der Waals surface area (Å²) in [5, 5.41) is 0. The molecule has 2 nitrogen and oxygen atoms in total. The van der Waals surface area contributed by atoms with Gasteiger partial charge in [0.1, 0.15) is 0 Å². The lowest BCUT2D eigenvalue weighted by molar-refractivity contribution is 1.26. The molecule has 1 radical (unpaired) electrons. The van der Waals surface area contributed by atoms with Gasteiger partial charge in [0.15, 0.2) is 0 Å². The van der Waals surface area contributed by atoms with Gasteiger partial charge in [0, 0.05) is 18.5 Å². The van der Waals surface area contributed by atoms with E-state index in [1.54, 1.807) is 12.4 Å². The average molecular weight is 157 g/mol. The van der Waals surface area contributed by atoms with Crippen molar-refractivity contribution in [3.8, 4) is 0 Å². The minimum Gasteiger partial charge on any atom is -0.253 e. The number of nitrogens with zero attached hydrogens (tertiary/aromatic N) is 2. The van der Waals surface area contributed by atoms with E-state index in [9.17, 15) is 0 Å². The average Bonchev–Trinajstić information content (AvgIpc) is 2.04. The highest BCUT2D eigenvalue weighted by Crippen LogP contribution is 2.14. The van der Waals surface area contributed by atoms with Crippen LogP contribution in [0.1, 0.15) is 11.1 Å². The van der Waals surface area contributed by atoms with Gasteiger partial charge in [-0.3, -0.25) is 9.97 Å². The first-order valence-electron chi connectivity index (χ1n) is 3.87. The van der Waals surface area contributed by atoms with Gasteiger partial charge >= 0.3 is 0 Å². The second kappa shape index (κ2) is 2.55. The third-order valence-electron chi connectivity index (χ3n) is 1.82. The predicted octanol–water partition coefficient (Wildman–Crippen LogP) is 2.05. The van der Waals surface area contributed by atoms with Gasteiger partial charge in [0.25, 0.3) is 0 Å². The Hall–Kier alpha value is -1.44. The SMILES string of the molecule is Cc1[c]c2nccnc2c(C)c1. The van der Waals surface area contributed by atoms with Gasteiger partial charge in [0.2, 0.25) is 0 Å². The van der Waals surface area contributed by atoms with Crippen molar-refractivity contribution in [3.63, 3.8) is 0 Å². The highest BCUT2D eigenvalue weighted by atomic mass is 14.8. The van der Waals surface area contributed by atoms with Crippen molar-refractivity contribution < 1.29 is 0 Å². The summed E-state index contributed by atoms with van der Waals surface area (Å²) in [5.41, 5.74) is 4.08. The number of fused-ring (bicyclic) bond motifs is 1. The Kier molecular flexibility index (Phi) is 1.54. The van der Waals surface area contributed by atoms with E-state index in [1.165, 1.54) is 0 Å². The van der Waals surface area contributed by atoms with Crippen LogP contribution in [0.25, 0.3) is 11.0 Å². The Morgan fingerprint density at radius 2 is 1.92 bits per heavy atom. The van der Waals surface area contributed by atoms with Gasteiger partial charge in [-0.05, 0) is 25.0 Å². The summed E-state index contributed by atoms with van der Waals surface area (Å²) < 4.78 is 0. The fourth-order valence-corrected chi connectivity index (χ4v) is 1.33. The molecule has 2 aromatic rings. The van der Waals surface area contributed by atoms with Crippen LogP contribution in [0.4, 0.5) is 0 Å². The zero-order chi connectivity index (χ0) is 8.55. The second-order valence-electron chi connectivity index (χ2n) is 2.89. The minimum absolute atomic E-state index is 0.856. The van der Waals surface area contributed by atoms with Gasteiger partial charge in [-0.15, -0.1) is 0 Å². The van der Waals surface area contributed by atoms with Crippen molar-refractivity contribution in [2.75, 3.05) is 0 Å². The third-order valence-corrected chi connectivity index (χ3v) is 1.82. The predicted molar refractivity (Wildman–Crippen MR) is 47.8 cm³/mol. The Labute approximate surface area is 71.3 Å². The van der Waals surface area contributed by atoms with Crippen molar-refractivity contribution in [1.29, 1.82) is 0 Å². The highest BCUT2D eigenvalue weighted by Gasteiger charge is 1.99. The molecule has 1 heterocycles. The minimum atomic E-state index is 0.856. The van der Waals surface area contributed by atoms with Gasteiger partial charge < -0.3 is 0 Å². The van der Waals surface area contributed by atoms with Crippen LogP contribution in [0.3, 0.4) is 0 Å².